The number of nitrogens with two attached hydrogens (primary N) is 1. The van der Waals surface area contributed by atoms with Crippen molar-refractivity contribution in [3.8, 4) is 5.75 Å². The van der Waals surface area contributed by atoms with E-state index in [9.17, 15) is 4.39 Å². The van der Waals surface area contributed by atoms with Gasteiger partial charge in [0, 0.05) is 30.8 Å². The zero-order chi connectivity index (χ0) is 14.7. The first-order chi connectivity index (χ1) is 9.58. The Bertz CT molecular complexity index is 465. The third-order valence-corrected chi connectivity index (χ3v) is 3.89. The summed E-state index contributed by atoms with van der Waals surface area (Å²) in [5.41, 5.74) is 7.54. The number of nitrogens with zero attached hydrogens (tertiary/aromatic N) is 2. The maximum atomic E-state index is 14.1. The van der Waals surface area contributed by atoms with E-state index in [1.54, 1.807) is 13.2 Å². The third-order valence-electron chi connectivity index (χ3n) is 3.89. The number of rotatable bonds is 6. The molecule has 1 heterocycles. The van der Waals surface area contributed by atoms with Crippen molar-refractivity contribution in [3.05, 3.63) is 29.1 Å². The van der Waals surface area contributed by atoms with Gasteiger partial charge < -0.3 is 15.4 Å². The van der Waals surface area contributed by atoms with Gasteiger partial charge in [-0.05, 0) is 39.2 Å². The summed E-state index contributed by atoms with van der Waals surface area (Å²) >= 11 is 0. The summed E-state index contributed by atoms with van der Waals surface area (Å²) in [5.74, 6) is 0.585. The lowest BCUT2D eigenvalue weighted by molar-refractivity contribution is 0.205. The van der Waals surface area contributed by atoms with E-state index in [2.05, 4.69) is 23.9 Å². The molecule has 0 spiro atoms. The molecule has 2 rings (SSSR count). The summed E-state index contributed by atoms with van der Waals surface area (Å²) in [4.78, 5) is 4.40. The van der Waals surface area contributed by atoms with Crippen molar-refractivity contribution in [1.82, 2.24) is 9.80 Å². The summed E-state index contributed by atoms with van der Waals surface area (Å²) in [5, 5.41) is 0. The van der Waals surface area contributed by atoms with Crippen LogP contribution < -0.4 is 10.5 Å². The number of ether oxygens (including phenoxy) is 1. The molecule has 0 saturated heterocycles. The van der Waals surface area contributed by atoms with Gasteiger partial charge in [-0.1, -0.05) is 0 Å². The van der Waals surface area contributed by atoms with E-state index in [1.165, 1.54) is 6.07 Å². The van der Waals surface area contributed by atoms with Crippen LogP contribution >= 0.6 is 0 Å². The number of hydrogen-bond acceptors (Lipinski definition) is 4. The number of fused-ring (bicyclic) bond motifs is 1. The largest absolute Gasteiger partial charge is 0.496 e. The average molecular weight is 281 g/mol. The van der Waals surface area contributed by atoms with Crippen molar-refractivity contribution in [2.75, 3.05) is 40.8 Å². The lowest BCUT2D eigenvalue weighted by Crippen LogP contribution is -2.30. The van der Waals surface area contributed by atoms with Crippen molar-refractivity contribution < 1.29 is 9.13 Å². The summed E-state index contributed by atoms with van der Waals surface area (Å²) in [6, 6.07) is 3.14. The first kappa shape index (κ1) is 15.2. The standard InChI is InChI=1S/C15H24FN3O/c1-18(2)7-4-8-19-10-11-14(20-3)6-5-12(16)15(11)13(19)9-17/h5-6,13H,4,7-10,17H2,1-3H3. The molecule has 0 aromatic heterocycles. The van der Waals surface area contributed by atoms with E-state index >= 15 is 0 Å². The summed E-state index contributed by atoms with van der Waals surface area (Å²) in [6.07, 6.45) is 1.04. The minimum Gasteiger partial charge on any atom is -0.496 e. The van der Waals surface area contributed by atoms with Crippen molar-refractivity contribution in [2.45, 2.75) is 19.0 Å². The van der Waals surface area contributed by atoms with Gasteiger partial charge in [-0.3, -0.25) is 4.90 Å². The van der Waals surface area contributed by atoms with Crippen LogP contribution in [0.25, 0.3) is 0 Å². The molecule has 1 aliphatic rings. The zero-order valence-electron chi connectivity index (χ0n) is 12.5. The van der Waals surface area contributed by atoms with Gasteiger partial charge in [0.15, 0.2) is 0 Å². The van der Waals surface area contributed by atoms with Gasteiger partial charge in [0.05, 0.1) is 13.2 Å². The molecule has 0 aliphatic carbocycles. The third kappa shape index (κ3) is 2.95. The highest BCUT2D eigenvalue weighted by atomic mass is 19.1. The normalized spacial score (nSPS) is 18.6. The molecule has 1 aromatic carbocycles. The van der Waals surface area contributed by atoms with E-state index < -0.39 is 0 Å². The topological polar surface area (TPSA) is 41.7 Å². The van der Waals surface area contributed by atoms with Crippen LogP contribution in [-0.2, 0) is 6.54 Å². The molecule has 2 N–H and O–H groups in total. The van der Waals surface area contributed by atoms with Crippen LogP contribution in [-0.4, -0.2) is 50.6 Å². The highest BCUT2D eigenvalue weighted by molar-refractivity contribution is 5.45. The van der Waals surface area contributed by atoms with E-state index in [4.69, 9.17) is 10.5 Å². The number of benzene rings is 1. The molecule has 1 atom stereocenters. The second-order valence-corrected chi connectivity index (χ2v) is 5.52. The fourth-order valence-electron chi connectivity index (χ4n) is 2.92. The van der Waals surface area contributed by atoms with E-state index in [1.807, 2.05) is 0 Å². The molecule has 0 saturated carbocycles. The predicted molar refractivity (Wildman–Crippen MR) is 78.3 cm³/mol. The van der Waals surface area contributed by atoms with Crippen LogP contribution in [0.1, 0.15) is 23.6 Å². The molecule has 0 bridgehead atoms. The second kappa shape index (κ2) is 6.52. The molecule has 112 valence electrons. The monoisotopic (exact) mass is 281 g/mol. The minimum absolute atomic E-state index is 0.0396. The molecule has 0 amide bonds. The molecule has 20 heavy (non-hydrogen) atoms. The minimum atomic E-state index is -0.175. The maximum Gasteiger partial charge on any atom is 0.128 e. The lowest BCUT2D eigenvalue weighted by Gasteiger charge is -2.24. The van der Waals surface area contributed by atoms with Crippen LogP contribution in [0.3, 0.4) is 0 Å². The Hall–Kier alpha value is -1.17. The first-order valence-electron chi connectivity index (χ1n) is 7.02. The van der Waals surface area contributed by atoms with Crippen LogP contribution in [0.2, 0.25) is 0 Å². The first-order valence-corrected chi connectivity index (χ1v) is 7.02. The van der Waals surface area contributed by atoms with Crippen LogP contribution in [0.15, 0.2) is 12.1 Å². The molecule has 1 unspecified atom stereocenters. The van der Waals surface area contributed by atoms with E-state index in [0.29, 0.717) is 13.1 Å². The van der Waals surface area contributed by atoms with Crippen molar-refractivity contribution in [1.29, 1.82) is 0 Å². The van der Waals surface area contributed by atoms with Crippen LogP contribution in [0, 0.1) is 5.82 Å². The Balaban J connectivity index is 2.18. The number of hydrogen-bond donors (Lipinski definition) is 1. The van der Waals surface area contributed by atoms with E-state index in [0.717, 1.165) is 36.4 Å². The Labute approximate surface area is 120 Å². The Morgan fingerprint density at radius 3 is 2.80 bits per heavy atom. The van der Waals surface area contributed by atoms with Gasteiger partial charge in [-0.15, -0.1) is 0 Å². The van der Waals surface area contributed by atoms with Gasteiger partial charge in [-0.2, -0.15) is 0 Å². The van der Waals surface area contributed by atoms with Gasteiger partial charge >= 0.3 is 0 Å². The molecule has 5 heteroatoms. The van der Waals surface area contributed by atoms with E-state index in [-0.39, 0.29) is 11.9 Å². The Morgan fingerprint density at radius 2 is 2.20 bits per heavy atom. The summed E-state index contributed by atoms with van der Waals surface area (Å²) < 4.78 is 19.5. The lowest BCUT2D eigenvalue weighted by atomic mass is 10.0. The van der Waals surface area contributed by atoms with Crippen molar-refractivity contribution in [3.63, 3.8) is 0 Å². The fourth-order valence-corrected chi connectivity index (χ4v) is 2.92. The molecular formula is C15H24FN3O. The molecule has 4 nitrogen and oxygen atoms in total. The van der Waals surface area contributed by atoms with Crippen molar-refractivity contribution >= 4 is 0 Å². The summed E-state index contributed by atoms with van der Waals surface area (Å²) in [6.45, 7) is 3.08. The summed E-state index contributed by atoms with van der Waals surface area (Å²) in [7, 11) is 5.74. The molecular weight excluding hydrogens is 257 g/mol. The van der Waals surface area contributed by atoms with Crippen molar-refractivity contribution in [2.24, 2.45) is 5.73 Å². The average Bonchev–Trinajstić information content (AvgIpc) is 2.78. The highest BCUT2D eigenvalue weighted by Gasteiger charge is 2.33. The molecule has 0 fully saturated rings. The maximum absolute atomic E-state index is 14.1. The fraction of sp³-hybridized carbons (Fsp3) is 0.600. The van der Waals surface area contributed by atoms with Gasteiger partial charge in [0.25, 0.3) is 0 Å². The smallest absolute Gasteiger partial charge is 0.128 e. The highest BCUT2D eigenvalue weighted by Crippen LogP contribution is 2.39. The van der Waals surface area contributed by atoms with Crippen LogP contribution in [0.4, 0.5) is 4.39 Å². The van der Waals surface area contributed by atoms with Gasteiger partial charge in [-0.25, -0.2) is 4.39 Å². The molecule has 0 radical (unpaired) electrons. The zero-order valence-corrected chi connectivity index (χ0v) is 12.5. The predicted octanol–water partition coefficient (Wildman–Crippen LogP) is 1.60. The van der Waals surface area contributed by atoms with Crippen LogP contribution in [0.5, 0.6) is 5.75 Å². The van der Waals surface area contributed by atoms with Gasteiger partial charge in [0.1, 0.15) is 11.6 Å². The molecule has 1 aromatic rings. The number of methoxy groups -OCH3 is 1. The molecule has 1 aliphatic heterocycles. The van der Waals surface area contributed by atoms with Gasteiger partial charge in [0.2, 0.25) is 0 Å². The number of halogens is 1. The Morgan fingerprint density at radius 1 is 1.45 bits per heavy atom. The quantitative estimate of drug-likeness (QED) is 0.860. The Kier molecular flexibility index (Phi) is 4.96. The second-order valence-electron chi connectivity index (χ2n) is 5.52. The SMILES string of the molecule is COc1ccc(F)c2c1CN(CCCN(C)C)C2CN.